The highest BCUT2D eigenvalue weighted by Gasteiger charge is 2.29. The number of nitrogens with zero attached hydrogens (tertiary/aromatic N) is 3. The van der Waals surface area contributed by atoms with Crippen LogP contribution in [0.4, 0.5) is 0 Å². The van der Waals surface area contributed by atoms with Gasteiger partial charge in [-0.25, -0.2) is 4.98 Å². The first-order valence-corrected chi connectivity index (χ1v) is 9.61. The van der Waals surface area contributed by atoms with Crippen LogP contribution in [-0.4, -0.2) is 58.9 Å². The predicted octanol–water partition coefficient (Wildman–Crippen LogP) is 2.75. The first-order valence-electron chi connectivity index (χ1n) is 9.61. The van der Waals surface area contributed by atoms with Gasteiger partial charge in [-0.1, -0.05) is 13.8 Å². The molecule has 2 aliphatic heterocycles. The van der Waals surface area contributed by atoms with Crippen LogP contribution in [-0.2, 0) is 14.3 Å². The number of piperidine rings is 1. The van der Waals surface area contributed by atoms with Crippen LogP contribution in [0.5, 0.6) is 0 Å². The van der Waals surface area contributed by atoms with E-state index in [1.165, 1.54) is 0 Å². The number of hydrogen-bond acceptors (Lipinski definition) is 4. The molecule has 6 heteroatoms. The van der Waals surface area contributed by atoms with Crippen molar-refractivity contribution in [3.63, 3.8) is 0 Å². The summed E-state index contributed by atoms with van der Waals surface area (Å²) in [5.74, 6) is 1.57. The summed E-state index contributed by atoms with van der Waals surface area (Å²) >= 11 is 0. The van der Waals surface area contributed by atoms with Crippen LogP contribution in [0.2, 0.25) is 0 Å². The normalized spacial score (nSPS) is 25.5. The molecule has 3 rings (SSSR count). The summed E-state index contributed by atoms with van der Waals surface area (Å²) in [7, 11) is 0. The molecule has 0 radical (unpaired) electrons. The fraction of sp³-hybridized carbons (Fsp3) is 0.789. The lowest BCUT2D eigenvalue weighted by Gasteiger charge is -2.35. The van der Waals surface area contributed by atoms with Crippen molar-refractivity contribution in [2.24, 2.45) is 0 Å². The largest absolute Gasteiger partial charge is 0.376 e. The average molecular weight is 349 g/mol. The van der Waals surface area contributed by atoms with E-state index >= 15 is 0 Å². The number of likely N-dealkylation sites (tertiary alicyclic amines) is 1. The fourth-order valence-corrected chi connectivity index (χ4v) is 3.82. The molecule has 1 aromatic heterocycles. The molecule has 0 aliphatic carbocycles. The summed E-state index contributed by atoms with van der Waals surface area (Å²) in [5.41, 5.74) is 0. The van der Waals surface area contributed by atoms with Gasteiger partial charge in [0, 0.05) is 38.0 Å². The zero-order valence-electron chi connectivity index (χ0n) is 15.7. The highest BCUT2D eigenvalue weighted by molar-refractivity contribution is 5.80. The molecule has 3 heterocycles. The SMILES string of the molecule is CC(OCC1CCCO1)C(=O)N1CCCC(n2ccnc2C(C)C)C1. The minimum Gasteiger partial charge on any atom is -0.376 e. The molecule has 2 saturated heterocycles. The van der Waals surface area contributed by atoms with Crippen molar-refractivity contribution in [3.05, 3.63) is 18.2 Å². The van der Waals surface area contributed by atoms with Gasteiger partial charge in [-0.3, -0.25) is 4.79 Å². The Morgan fingerprint density at radius 1 is 1.36 bits per heavy atom. The smallest absolute Gasteiger partial charge is 0.251 e. The number of amides is 1. The fourth-order valence-electron chi connectivity index (χ4n) is 3.82. The van der Waals surface area contributed by atoms with Crippen LogP contribution in [0.3, 0.4) is 0 Å². The Bertz CT molecular complexity index is 566. The number of imidazole rings is 1. The number of aromatic nitrogens is 2. The van der Waals surface area contributed by atoms with Crippen LogP contribution in [0, 0.1) is 0 Å². The third-order valence-corrected chi connectivity index (χ3v) is 5.22. The standard InChI is InChI=1S/C19H31N3O3/c1-14(2)18-20-8-10-22(18)16-6-4-9-21(12-16)19(23)15(3)25-13-17-7-5-11-24-17/h8,10,14-17H,4-7,9,11-13H2,1-3H3. The molecule has 1 amide bonds. The van der Waals surface area contributed by atoms with Crippen molar-refractivity contribution < 1.29 is 14.3 Å². The molecule has 25 heavy (non-hydrogen) atoms. The Labute approximate surface area is 150 Å². The molecule has 0 saturated carbocycles. The lowest BCUT2D eigenvalue weighted by molar-refractivity contribution is -0.146. The third kappa shape index (κ3) is 4.42. The van der Waals surface area contributed by atoms with Gasteiger partial charge < -0.3 is 18.9 Å². The Morgan fingerprint density at radius 2 is 2.20 bits per heavy atom. The summed E-state index contributed by atoms with van der Waals surface area (Å²) in [6.07, 6.45) is 7.89. The Balaban J connectivity index is 1.56. The van der Waals surface area contributed by atoms with E-state index in [1.54, 1.807) is 0 Å². The van der Waals surface area contributed by atoms with Crippen molar-refractivity contribution in [3.8, 4) is 0 Å². The highest BCUT2D eigenvalue weighted by atomic mass is 16.5. The van der Waals surface area contributed by atoms with Crippen molar-refractivity contribution >= 4 is 5.91 Å². The van der Waals surface area contributed by atoms with Crippen LogP contribution >= 0.6 is 0 Å². The molecule has 0 spiro atoms. The third-order valence-electron chi connectivity index (χ3n) is 5.22. The van der Waals surface area contributed by atoms with E-state index in [0.29, 0.717) is 18.6 Å². The molecule has 6 nitrogen and oxygen atoms in total. The number of rotatable bonds is 6. The zero-order valence-corrected chi connectivity index (χ0v) is 15.7. The highest BCUT2D eigenvalue weighted by Crippen LogP contribution is 2.26. The zero-order chi connectivity index (χ0) is 17.8. The van der Waals surface area contributed by atoms with Crippen molar-refractivity contribution in [1.29, 1.82) is 0 Å². The van der Waals surface area contributed by atoms with Crippen molar-refractivity contribution in [2.45, 2.75) is 70.6 Å². The second-order valence-electron chi connectivity index (χ2n) is 7.54. The average Bonchev–Trinajstić information content (AvgIpc) is 3.30. The summed E-state index contributed by atoms with van der Waals surface area (Å²) in [6.45, 7) is 9.06. The molecule has 140 valence electrons. The van der Waals surface area contributed by atoms with E-state index in [-0.39, 0.29) is 12.0 Å². The number of carbonyl (C=O) groups is 1. The minimum atomic E-state index is -0.407. The maximum absolute atomic E-state index is 12.8. The van der Waals surface area contributed by atoms with Gasteiger partial charge in [-0.05, 0) is 32.6 Å². The van der Waals surface area contributed by atoms with Crippen molar-refractivity contribution in [2.75, 3.05) is 26.3 Å². The number of hydrogen-bond donors (Lipinski definition) is 0. The van der Waals surface area contributed by atoms with Gasteiger partial charge in [0.1, 0.15) is 11.9 Å². The minimum absolute atomic E-state index is 0.0916. The summed E-state index contributed by atoms with van der Waals surface area (Å²) in [6, 6.07) is 0.308. The topological polar surface area (TPSA) is 56.6 Å². The van der Waals surface area contributed by atoms with Gasteiger partial charge in [-0.2, -0.15) is 0 Å². The Kier molecular flexibility index (Phi) is 6.12. The lowest BCUT2D eigenvalue weighted by Crippen LogP contribution is -2.46. The molecule has 0 N–H and O–H groups in total. The summed E-state index contributed by atoms with van der Waals surface area (Å²) < 4.78 is 13.6. The Hall–Kier alpha value is -1.40. The second-order valence-corrected chi connectivity index (χ2v) is 7.54. The van der Waals surface area contributed by atoms with Gasteiger partial charge >= 0.3 is 0 Å². The second kappa shape index (κ2) is 8.32. The molecule has 2 aliphatic rings. The molecule has 3 unspecified atom stereocenters. The van der Waals surface area contributed by atoms with E-state index < -0.39 is 6.10 Å². The number of ether oxygens (including phenoxy) is 2. The molecule has 0 bridgehead atoms. The monoisotopic (exact) mass is 349 g/mol. The molecular formula is C19H31N3O3. The van der Waals surface area contributed by atoms with Gasteiger partial charge in [0.15, 0.2) is 0 Å². The van der Waals surface area contributed by atoms with E-state index in [9.17, 15) is 4.79 Å². The van der Waals surface area contributed by atoms with Gasteiger partial charge in [0.05, 0.1) is 18.8 Å². The van der Waals surface area contributed by atoms with Gasteiger partial charge in [0.2, 0.25) is 0 Å². The van der Waals surface area contributed by atoms with Crippen LogP contribution in [0.1, 0.15) is 64.2 Å². The molecule has 0 aromatic carbocycles. The molecule has 1 aromatic rings. The van der Waals surface area contributed by atoms with Crippen LogP contribution in [0.15, 0.2) is 12.4 Å². The first kappa shape index (κ1) is 18.4. The summed E-state index contributed by atoms with van der Waals surface area (Å²) in [4.78, 5) is 19.2. The van der Waals surface area contributed by atoms with E-state index in [4.69, 9.17) is 9.47 Å². The van der Waals surface area contributed by atoms with Crippen molar-refractivity contribution in [1.82, 2.24) is 14.5 Å². The molecule has 2 fully saturated rings. The Morgan fingerprint density at radius 3 is 2.92 bits per heavy atom. The molecular weight excluding hydrogens is 318 g/mol. The number of carbonyl (C=O) groups excluding carboxylic acids is 1. The summed E-state index contributed by atoms with van der Waals surface area (Å²) in [5, 5.41) is 0. The van der Waals surface area contributed by atoms with Gasteiger partial charge in [-0.15, -0.1) is 0 Å². The lowest BCUT2D eigenvalue weighted by atomic mass is 10.0. The maximum Gasteiger partial charge on any atom is 0.251 e. The van der Waals surface area contributed by atoms with E-state index in [2.05, 4.69) is 23.4 Å². The van der Waals surface area contributed by atoms with Gasteiger partial charge in [0.25, 0.3) is 5.91 Å². The van der Waals surface area contributed by atoms with E-state index in [1.807, 2.05) is 24.2 Å². The van der Waals surface area contributed by atoms with Crippen LogP contribution < -0.4 is 0 Å². The molecule has 3 atom stereocenters. The maximum atomic E-state index is 12.8. The first-order chi connectivity index (χ1) is 12.1. The van der Waals surface area contributed by atoms with E-state index in [0.717, 1.165) is 51.2 Å². The predicted molar refractivity (Wildman–Crippen MR) is 95.6 cm³/mol. The van der Waals surface area contributed by atoms with Crippen LogP contribution in [0.25, 0.3) is 0 Å². The quantitative estimate of drug-likeness (QED) is 0.792.